The van der Waals surface area contributed by atoms with Crippen LogP contribution in [0.4, 0.5) is 8.78 Å². The first-order valence-corrected chi connectivity index (χ1v) is 10.3. The van der Waals surface area contributed by atoms with Crippen LogP contribution in [-0.4, -0.2) is 35.5 Å². The number of allylic oxidation sites excluding steroid dienone is 2. The molecule has 0 bridgehead atoms. The van der Waals surface area contributed by atoms with Gasteiger partial charge in [-0.1, -0.05) is 19.2 Å². The van der Waals surface area contributed by atoms with Crippen molar-refractivity contribution in [3.05, 3.63) is 71.5 Å². The van der Waals surface area contributed by atoms with E-state index in [4.69, 9.17) is 4.74 Å². The summed E-state index contributed by atoms with van der Waals surface area (Å²) in [5.41, 5.74) is -0.0451. The molecule has 1 aromatic carbocycles. The Labute approximate surface area is 181 Å². The monoisotopic (exact) mass is 430 g/mol. The Kier molecular flexibility index (Phi) is 6.46. The van der Waals surface area contributed by atoms with Gasteiger partial charge in [-0.2, -0.15) is 0 Å². The number of Topliss-reactive ketones (excluding diaryl/α,β-unsaturated/α-hetero) is 1. The lowest BCUT2D eigenvalue weighted by Crippen LogP contribution is -2.45. The van der Waals surface area contributed by atoms with Crippen molar-refractivity contribution in [3.63, 3.8) is 0 Å². The van der Waals surface area contributed by atoms with Crippen LogP contribution in [0, 0.1) is 11.6 Å². The molecule has 2 fully saturated rings. The summed E-state index contributed by atoms with van der Waals surface area (Å²) in [5, 5.41) is 2.71. The number of carbonyl (C=O) groups is 2. The summed E-state index contributed by atoms with van der Waals surface area (Å²) >= 11 is 0. The number of rotatable bonds is 7. The number of benzene rings is 1. The van der Waals surface area contributed by atoms with E-state index in [2.05, 4.69) is 25.4 Å². The van der Waals surface area contributed by atoms with Gasteiger partial charge in [0, 0.05) is 23.4 Å². The molecular weight excluding hydrogens is 402 g/mol. The van der Waals surface area contributed by atoms with Crippen LogP contribution in [0.2, 0.25) is 0 Å². The zero-order valence-corrected chi connectivity index (χ0v) is 18.1. The molecule has 1 saturated heterocycles. The van der Waals surface area contributed by atoms with Crippen molar-refractivity contribution in [3.8, 4) is 0 Å². The molecule has 1 aliphatic carbocycles. The van der Waals surface area contributed by atoms with Crippen molar-refractivity contribution in [2.45, 2.75) is 57.8 Å². The van der Waals surface area contributed by atoms with Gasteiger partial charge in [0.05, 0.1) is 17.7 Å². The molecule has 0 spiro atoms. The van der Waals surface area contributed by atoms with Crippen LogP contribution in [0.5, 0.6) is 0 Å². The Bertz CT molecular complexity index is 956. The lowest BCUT2D eigenvalue weighted by Gasteiger charge is -2.41. The van der Waals surface area contributed by atoms with E-state index in [1.165, 1.54) is 6.07 Å². The van der Waals surface area contributed by atoms with Crippen LogP contribution in [0.15, 0.2) is 54.3 Å². The summed E-state index contributed by atoms with van der Waals surface area (Å²) in [6.45, 7) is 13.9. The molecule has 1 amide bonds. The molecule has 1 aliphatic heterocycles. The second kappa shape index (κ2) is 8.75. The smallest absolute Gasteiger partial charge is 0.255 e. The Hall–Kier alpha value is -2.80. The predicted octanol–water partition coefficient (Wildman–Crippen LogP) is 4.11. The Morgan fingerprint density at radius 3 is 2.52 bits per heavy atom. The molecule has 31 heavy (non-hydrogen) atoms. The van der Waals surface area contributed by atoms with Crippen molar-refractivity contribution in [2.75, 3.05) is 6.61 Å². The Balaban J connectivity index is 1.69. The van der Waals surface area contributed by atoms with Gasteiger partial charge in [0.15, 0.2) is 5.78 Å². The minimum Gasteiger partial charge on any atom is -0.359 e. The fraction of sp³-hybridized carbons (Fsp3) is 0.417. The number of hydrogen-bond donors (Lipinski definition) is 1. The number of hydrogen-bond acceptors (Lipinski definition) is 4. The molecule has 1 unspecified atom stereocenters. The van der Waals surface area contributed by atoms with E-state index in [1.54, 1.807) is 13.0 Å². The number of ketones is 1. The first kappa shape index (κ1) is 22.9. The maximum absolute atomic E-state index is 14.2. The first-order chi connectivity index (χ1) is 14.6. The van der Waals surface area contributed by atoms with Gasteiger partial charge in [-0.3, -0.25) is 9.59 Å². The molecule has 2 aliphatic rings. The van der Waals surface area contributed by atoms with E-state index >= 15 is 0 Å². The highest BCUT2D eigenvalue weighted by Crippen LogP contribution is 2.46. The second-order valence-electron chi connectivity index (χ2n) is 8.30. The molecule has 3 rings (SSSR count). The molecule has 5 nitrogen and oxygen atoms in total. The Morgan fingerprint density at radius 1 is 1.26 bits per heavy atom. The number of halogens is 2. The average molecular weight is 430 g/mol. The van der Waals surface area contributed by atoms with Crippen molar-refractivity contribution < 1.29 is 23.1 Å². The van der Waals surface area contributed by atoms with Gasteiger partial charge in [0.1, 0.15) is 17.9 Å². The molecule has 1 saturated carbocycles. The summed E-state index contributed by atoms with van der Waals surface area (Å²) < 4.78 is 33.1. The molecule has 166 valence electrons. The van der Waals surface area contributed by atoms with Crippen molar-refractivity contribution >= 4 is 11.7 Å². The third-order valence-electron chi connectivity index (χ3n) is 5.93. The highest BCUT2D eigenvalue weighted by molar-refractivity contribution is 6.25. The van der Waals surface area contributed by atoms with Gasteiger partial charge in [-0.25, -0.2) is 8.78 Å². The minimum absolute atomic E-state index is 0.165. The molecule has 1 heterocycles. The molecule has 0 aromatic heterocycles. The van der Waals surface area contributed by atoms with Crippen molar-refractivity contribution in [1.82, 2.24) is 10.2 Å². The molecule has 0 radical (unpaired) electrons. The van der Waals surface area contributed by atoms with Crippen LogP contribution in [0.25, 0.3) is 0 Å². The van der Waals surface area contributed by atoms with Crippen LogP contribution in [0.1, 0.15) is 45.6 Å². The summed E-state index contributed by atoms with van der Waals surface area (Å²) in [7, 11) is 0. The fourth-order valence-corrected chi connectivity index (χ4v) is 3.99. The summed E-state index contributed by atoms with van der Waals surface area (Å²) in [4.78, 5) is 27.4. The molecule has 2 atom stereocenters. The van der Waals surface area contributed by atoms with Gasteiger partial charge in [-0.15, -0.1) is 0 Å². The normalized spacial score (nSPS) is 22.6. The molecule has 1 aromatic rings. The van der Waals surface area contributed by atoms with Gasteiger partial charge in [-0.05, 0) is 57.7 Å². The second-order valence-corrected chi connectivity index (χ2v) is 8.30. The maximum Gasteiger partial charge on any atom is 0.255 e. The quantitative estimate of drug-likeness (QED) is 0.306. The van der Waals surface area contributed by atoms with Crippen LogP contribution < -0.4 is 5.32 Å². The fourth-order valence-electron chi connectivity index (χ4n) is 3.99. The van der Waals surface area contributed by atoms with Crippen molar-refractivity contribution in [2.24, 2.45) is 0 Å². The van der Waals surface area contributed by atoms with E-state index in [0.717, 1.165) is 18.6 Å². The average Bonchev–Trinajstić information content (AvgIpc) is 3.46. The highest BCUT2D eigenvalue weighted by Gasteiger charge is 2.48. The van der Waals surface area contributed by atoms with Gasteiger partial charge in [0.25, 0.3) is 5.91 Å². The summed E-state index contributed by atoms with van der Waals surface area (Å²) in [6, 6.07) is 3.46. The van der Waals surface area contributed by atoms with Crippen LogP contribution in [0.3, 0.4) is 0 Å². The van der Waals surface area contributed by atoms with Crippen molar-refractivity contribution in [1.29, 1.82) is 0 Å². The summed E-state index contributed by atoms with van der Waals surface area (Å²) in [5.74, 6) is -2.61. The largest absolute Gasteiger partial charge is 0.359 e. The van der Waals surface area contributed by atoms with E-state index in [-0.39, 0.29) is 23.4 Å². The zero-order valence-electron chi connectivity index (χ0n) is 18.1. The third-order valence-corrected chi connectivity index (χ3v) is 5.93. The Morgan fingerprint density at radius 2 is 1.94 bits per heavy atom. The number of amides is 1. The lowest BCUT2D eigenvalue weighted by atomic mass is 10.0. The third kappa shape index (κ3) is 4.77. The zero-order chi connectivity index (χ0) is 22.9. The molecular formula is C24H28F2N2O3. The van der Waals surface area contributed by atoms with Crippen LogP contribution >= 0.6 is 0 Å². The maximum atomic E-state index is 14.2. The van der Waals surface area contributed by atoms with E-state index in [1.807, 2.05) is 11.8 Å². The predicted molar refractivity (Wildman–Crippen MR) is 114 cm³/mol. The number of ether oxygens (including phenoxy) is 1. The standard InChI is InChI=1S/C24H28F2N2O3/c1-14(12-16(3)28-15(2)8-11-31-18(28)5)22(29)17(4)23(30)27-24(9-10-24)20-7-6-19(25)13-21(20)26/h6-7,12-13,15,18H,3-4,8-11H2,1-2,5H3,(H,27,30)/b14-12+/t15-,18?/m1/s1. The van der Waals surface area contributed by atoms with Gasteiger partial charge in [0.2, 0.25) is 0 Å². The number of nitrogens with one attached hydrogen (secondary N) is 1. The minimum atomic E-state index is -0.935. The SMILES string of the molecule is C=C(C(=O)NC1(c2ccc(F)cc2F)CC1)C(=O)/C(C)=C/C(=C)N1C(C)OCC[C@H]1C. The summed E-state index contributed by atoms with van der Waals surface area (Å²) in [6.07, 6.45) is 3.30. The first-order valence-electron chi connectivity index (χ1n) is 10.3. The highest BCUT2D eigenvalue weighted by atomic mass is 19.1. The van der Waals surface area contributed by atoms with E-state index in [0.29, 0.717) is 30.7 Å². The molecule has 7 heteroatoms. The number of carbonyl (C=O) groups excluding carboxylic acids is 2. The number of nitrogens with zero attached hydrogens (tertiary/aromatic N) is 1. The van der Waals surface area contributed by atoms with Crippen LogP contribution in [-0.2, 0) is 19.9 Å². The topological polar surface area (TPSA) is 58.6 Å². The molecule has 1 N–H and O–H groups in total. The van der Waals surface area contributed by atoms with Gasteiger partial charge >= 0.3 is 0 Å². The lowest BCUT2D eigenvalue weighted by molar-refractivity contribution is -0.121. The van der Waals surface area contributed by atoms with E-state index in [9.17, 15) is 18.4 Å². The van der Waals surface area contributed by atoms with E-state index < -0.39 is 28.9 Å². The van der Waals surface area contributed by atoms with Gasteiger partial charge < -0.3 is 15.0 Å².